The first kappa shape index (κ1) is 24.3. The zero-order chi connectivity index (χ0) is 26.2. The van der Waals surface area contributed by atoms with Crippen molar-refractivity contribution in [1.29, 1.82) is 0 Å². The quantitative estimate of drug-likeness (QED) is 0.337. The maximum Gasteiger partial charge on any atom is 0.416 e. The van der Waals surface area contributed by atoms with E-state index in [4.69, 9.17) is 16.1 Å². The van der Waals surface area contributed by atoms with Gasteiger partial charge in [-0.1, -0.05) is 28.9 Å². The van der Waals surface area contributed by atoms with Gasteiger partial charge in [0.05, 0.1) is 29.2 Å². The van der Waals surface area contributed by atoms with Crippen LogP contribution in [0, 0.1) is 0 Å². The Labute approximate surface area is 210 Å². The number of amides is 1. The molecule has 188 valence electrons. The highest BCUT2D eigenvalue weighted by atomic mass is 35.5. The minimum absolute atomic E-state index is 0.0779. The molecule has 1 aromatic carbocycles. The van der Waals surface area contributed by atoms with E-state index in [0.29, 0.717) is 16.8 Å². The van der Waals surface area contributed by atoms with E-state index < -0.39 is 23.2 Å². The van der Waals surface area contributed by atoms with Crippen molar-refractivity contribution in [3.8, 4) is 11.5 Å². The first-order valence-electron chi connectivity index (χ1n) is 10.8. The van der Waals surface area contributed by atoms with Crippen LogP contribution in [0.4, 0.5) is 13.2 Å². The molecule has 5 rings (SSSR count). The van der Waals surface area contributed by atoms with Gasteiger partial charge >= 0.3 is 6.18 Å². The molecule has 0 aliphatic rings. The molecular weight excluding hydrogens is 513 g/mol. The first-order valence-corrected chi connectivity index (χ1v) is 11.2. The van der Waals surface area contributed by atoms with Gasteiger partial charge in [0, 0.05) is 24.0 Å². The van der Waals surface area contributed by atoms with Crippen LogP contribution in [-0.2, 0) is 19.3 Å². The van der Waals surface area contributed by atoms with Crippen LogP contribution in [0.15, 0.2) is 70.4 Å². The lowest BCUT2D eigenvalue weighted by molar-refractivity contribution is -0.137. The number of alkyl halides is 3. The molecule has 2 N–H and O–H groups in total. The number of carbonyl (C=O) groups excluding carboxylic acids is 1. The van der Waals surface area contributed by atoms with Crippen LogP contribution in [0.3, 0.4) is 0 Å². The van der Waals surface area contributed by atoms with Crippen molar-refractivity contribution in [2.45, 2.75) is 19.3 Å². The Hall–Kier alpha value is -4.45. The Morgan fingerprint density at radius 3 is 2.73 bits per heavy atom. The highest BCUT2D eigenvalue weighted by Gasteiger charge is 2.30. The smallest absolute Gasteiger partial charge is 0.345 e. The van der Waals surface area contributed by atoms with Gasteiger partial charge in [0.2, 0.25) is 0 Å². The molecule has 1 amide bonds. The summed E-state index contributed by atoms with van der Waals surface area (Å²) in [5.41, 5.74) is 0.0113. The number of H-pyrrole nitrogens is 1. The number of halogens is 4. The molecule has 0 aliphatic heterocycles. The fourth-order valence-electron chi connectivity index (χ4n) is 3.70. The topological polar surface area (TPSA) is 119 Å². The standard InChI is InChI=1S/C24H16ClF3N6O3/c25-15-8-17(23(36)34(12-15)11-13-3-5-14(6-4-13)24(26,27)28)21(35)31-10-19-32-22(37-33-19)18-9-30-20-16(18)2-1-7-29-20/h1-9,12H,10-11H2,(H,29,30)(H,31,35). The minimum atomic E-state index is -4.47. The normalized spacial score (nSPS) is 11.7. The predicted octanol–water partition coefficient (Wildman–Crippen LogP) is 4.43. The number of hydrogen-bond donors (Lipinski definition) is 2. The summed E-state index contributed by atoms with van der Waals surface area (Å²) in [5, 5.41) is 7.30. The second-order valence-electron chi connectivity index (χ2n) is 8.00. The second-order valence-corrected chi connectivity index (χ2v) is 8.44. The van der Waals surface area contributed by atoms with E-state index in [2.05, 4.69) is 25.4 Å². The van der Waals surface area contributed by atoms with Crippen LogP contribution in [0.25, 0.3) is 22.5 Å². The molecule has 37 heavy (non-hydrogen) atoms. The van der Waals surface area contributed by atoms with Crippen LogP contribution in [0.5, 0.6) is 0 Å². The molecule has 0 saturated heterocycles. The third-order valence-corrected chi connectivity index (χ3v) is 5.69. The maximum absolute atomic E-state index is 12.9. The van der Waals surface area contributed by atoms with E-state index >= 15 is 0 Å². The molecule has 5 aromatic rings. The summed E-state index contributed by atoms with van der Waals surface area (Å²) in [6.45, 7) is -0.209. The summed E-state index contributed by atoms with van der Waals surface area (Å²) < 4.78 is 44.8. The number of carbonyl (C=O) groups is 1. The van der Waals surface area contributed by atoms with Crippen LogP contribution < -0.4 is 10.9 Å². The number of aromatic nitrogens is 5. The number of rotatable bonds is 6. The van der Waals surface area contributed by atoms with Gasteiger partial charge in [-0.3, -0.25) is 9.59 Å². The van der Waals surface area contributed by atoms with Crippen molar-refractivity contribution >= 4 is 28.5 Å². The van der Waals surface area contributed by atoms with Crippen molar-refractivity contribution in [2.24, 2.45) is 0 Å². The number of hydrogen-bond acceptors (Lipinski definition) is 6. The zero-order valence-corrected chi connectivity index (χ0v) is 19.5. The number of benzene rings is 1. The van der Waals surface area contributed by atoms with Gasteiger partial charge in [-0.2, -0.15) is 18.2 Å². The SMILES string of the molecule is O=C(NCc1noc(-c2c[nH]c3ncccc23)n1)c1cc(Cl)cn(Cc2ccc(C(F)(F)F)cc2)c1=O. The average molecular weight is 529 g/mol. The second kappa shape index (κ2) is 9.54. The van der Waals surface area contributed by atoms with Gasteiger partial charge in [-0.25, -0.2) is 4.98 Å². The molecular formula is C24H16ClF3N6O3. The molecule has 4 heterocycles. The van der Waals surface area contributed by atoms with Gasteiger partial charge in [-0.05, 0) is 35.9 Å². The third kappa shape index (κ3) is 5.09. The van der Waals surface area contributed by atoms with Crippen LogP contribution >= 0.6 is 11.6 Å². The fourth-order valence-corrected chi connectivity index (χ4v) is 3.92. The summed E-state index contributed by atoms with van der Waals surface area (Å²) >= 11 is 6.11. The van der Waals surface area contributed by atoms with Crippen molar-refractivity contribution < 1.29 is 22.5 Å². The van der Waals surface area contributed by atoms with Crippen molar-refractivity contribution in [2.75, 3.05) is 0 Å². The summed E-state index contributed by atoms with van der Waals surface area (Å²) in [5.74, 6) is -0.324. The zero-order valence-electron chi connectivity index (χ0n) is 18.7. The van der Waals surface area contributed by atoms with Gasteiger partial charge in [0.15, 0.2) is 5.82 Å². The van der Waals surface area contributed by atoms with Gasteiger partial charge in [-0.15, -0.1) is 0 Å². The Bertz CT molecular complexity index is 1660. The molecule has 0 bridgehead atoms. The number of pyridine rings is 2. The minimum Gasteiger partial charge on any atom is -0.345 e. The third-order valence-electron chi connectivity index (χ3n) is 5.49. The molecule has 13 heteroatoms. The molecule has 0 saturated carbocycles. The Kier molecular flexibility index (Phi) is 6.25. The first-order chi connectivity index (χ1) is 17.7. The highest BCUT2D eigenvalue weighted by molar-refractivity contribution is 6.30. The molecule has 0 atom stereocenters. The molecule has 0 fully saturated rings. The fraction of sp³-hybridized carbons (Fsp3) is 0.125. The largest absolute Gasteiger partial charge is 0.416 e. The molecule has 0 radical (unpaired) electrons. The van der Waals surface area contributed by atoms with Crippen molar-refractivity contribution in [3.05, 3.63) is 98.9 Å². The number of fused-ring (bicyclic) bond motifs is 1. The molecule has 0 aliphatic carbocycles. The van der Waals surface area contributed by atoms with E-state index in [1.807, 2.05) is 6.07 Å². The van der Waals surface area contributed by atoms with E-state index in [-0.39, 0.29) is 35.4 Å². The van der Waals surface area contributed by atoms with Crippen LogP contribution in [0.2, 0.25) is 5.02 Å². The average Bonchev–Trinajstić information content (AvgIpc) is 3.51. The van der Waals surface area contributed by atoms with E-state index in [1.165, 1.54) is 24.4 Å². The van der Waals surface area contributed by atoms with Gasteiger partial charge < -0.3 is 19.4 Å². The molecule has 9 nitrogen and oxygen atoms in total. The molecule has 0 spiro atoms. The Morgan fingerprint density at radius 1 is 1.19 bits per heavy atom. The van der Waals surface area contributed by atoms with E-state index in [9.17, 15) is 22.8 Å². The molecule has 4 aromatic heterocycles. The number of nitrogens with zero attached hydrogens (tertiary/aromatic N) is 4. The predicted molar refractivity (Wildman–Crippen MR) is 127 cm³/mol. The monoisotopic (exact) mass is 528 g/mol. The van der Waals surface area contributed by atoms with Crippen LogP contribution in [-0.4, -0.2) is 30.6 Å². The summed E-state index contributed by atoms with van der Waals surface area (Å²) in [4.78, 5) is 37.1. The highest BCUT2D eigenvalue weighted by Crippen LogP contribution is 2.29. The van der Waals surface area contributed by atoms with Gasteiger partial charge in [0.1, 0.15) is 11.2 Å². The maximum atomic E-state index is 12.9. The summed E-state index contributed by atoms with van der Waals surface area (Å²) in [6.07, 6.45) is 0.159. The lowest BCUT2D eigenvalue weighted by atomic mass is 10.1. The van der Waals surface area contributed by atoms with E-state index in [0.717, 1.165) is 22.1 Å². The van der Waals surface area contributed by atoms with Crippen molar-refractivity contribution in [3.63, 3.8) is 0 Å². The van der Waals surface area contributed by atoms with E-state index in [1.54, 1.807) is 18.5 Å². The van der Waals surface area contributed by atoms with Crippen LogP contribution in [0.1, 0.15) is 27.3 Å². The Balaban J connectivity index is 1.30. The summed E-state index contributed by atoms with van der Waals surface area (Å²) in [6, 6.07) is 9.18. The van der Waals surface area contributed by atoms with Crippen molar-refractivity contribution in [1.82, 2.24) is 30.0 Å². The van der Waals surface area contributed by atoms with Gasteiger partial charge in [0.25, 0.3) is 17.4 Å². The molecule has 0 unspecified atom stereocenters. The number of nitrogens with one attached hydrogen (secondary N) is 2. The Morgan fingerprint density at radius 2 is 1.97 bits per heavy atom. The lowest BCUT2D eigenvalue weighted by Gasteiger charge is -2.11. The number of aromatic amines is 1. The lowest BCUT2D eigenvalue weighted by Crippen LogP contribution is -2.33. The summed E-state index contributed by atoms with van der Waals surface area (Å²) in [7, 11) is 0.